The highest BCUT2D eigenvalue weighted by Crippen LogP contribution is 2.25. The molecule has 86 valence electrons. The molecular weight excluding hydrogens is 216 g/mol. The van der Waals surface area contributed by atoms with Crippen LogP contribution in [0.15, 0.2) is 18.2 Å². The molecule has 1 fully saturated rings. The molecule has 1 unspecified atom stereocenters. The van der Waals surface area contributed by atoms with Gasteiger partial charge < -0.3 is 0 Å². The Morgan fingerprint density at radius 3 is 2.56 bits per heavy atom. The van der Waals surface area contributed by atoms with Crippen LogP contribution in [0.2, 0.25) is 0 Å². The molecule has 2 rings (SSSR count). The smallest absolute Gasteiger partial charge is 0.141 e. The van der Waals surface area contributed by atoms with Crippen molar-refractivity contribution in [1.82, 2.24) is 0 Å². The Morgan fingerprint density at radius 1 is 1.31 bits per heavy atom. The Morgan fingerprint density at radius 2 is 2.00 bits per heavy atom. The number of Topliss-reactive ketones (excluding diaryl/α,β-unsaturated/α-hetero) is 1. The van der Waals surface area contributed by atoms with Crippen LogP contribution >= 0.6 is 11.8 Å². The maximum absolute atomic E-state index is 12.0. The molecule has 0 aliphatic carbocycles. The molecule has 0 saturated carbocycles. The lowest BCUT2D eigenvalue weighted by molar-refractivity contribution is -0.121. The second-order valence-electron chi connectivity index (χ2n) is 4.70. The number of hydrogen-bond acceptors (Lipinski definition) is 2. The van der Waals surface area contributed by atoms with E-state index in [1.807, 2.05) is 11.8 Å². The zero-order valence-corrected chi connectivity index (χ0v) is 10.8. The van der Waals surface area contributed by atoms with Crippen LogP contribution in [-0.2, 0) is 11.2 Å². The molecular formula is C14H18OS. The zero-order chi connectivity index (χ0) is 11.5. The van der Waals surface area contributed by atoms with E-state index in [1.54, 1.807) is 0 Å². The number of thioether (sulfide) groups is 1. The summed E-state index contributed by atoms with van der Waals surface area (Å²) in [6, 6.07) is 6.42. The van der Waals surface area contributed by atoms with Crippen molar-refractivity contribution in [3.05, 3.63) is 34.9 Å². The fraction of sp³-hybridized carbons (Fsp3) is 0.500. The van der Waals surface area contributed by atoms with Gasteiger partial charge in [0.2, 0.25) is 0 Å². The van der Waals surface area contributed by atoms with Crippen molar-refractivity contribution in [3.8, 4) is 0 Å². The Labute approximate surface area is 102 Å². The second kappa shape index (κ2) is 5.05. The van der Waals surface area contributed by atoms with Gasteiger partial charge in [0.05, 0.1) is 0 Å². The van der Waals surface area contributed by atoms with Crippen LogP contribution in [0.25, 0.3) is 0 Å². The number of aryl methyl sites for hydroxylation is 2. The number of carbonyl (C=O) groups excluding carboxylic acids is 1. The molecule has 0 aromatic heterocycles. The van der Waals surface area contributed by atoms with Gasteiger partial charge in [0.25, 0.3) is 0 Å². The van der Waals surface area contributed by atoms with E-state index in [0.717, 1.165) is 17.9 Å². The highest BCUT2D eigenvalue weighted by atomic mass is 32.2. The minimum atomic E-state index is 0.311. The predicted molar refractivity (Wildman–Crippen MR) is 70.1 cm³/mol. The molecule has 2 heteroatoms. The molecule has 0 spiro atoms. The van der Waals surface area contributed by atoms with E-state index in [-0.39, 0.29) is 0 Å². The second-order valence-corrected chi connectivity index (χ2v) is 5.85. The van der Waals surface area contributed by atoms with Gasteiger partial charge in [-0.2, -0.15) is 11.8 Å². The van der Waals surface area contributed by atoms with Crippen LogP contribution in [0.3, 0.4) is 0 Å². The van der Waals surface area contributed by atoms with E-state index in [9.17, 15) is 4.79 Å². The van der Waals surface area contributed by atoms with Gasteiger partial charge >= 0.3 is 0 Å². The number of carbonyl (C=O) groups is 1. The van der Waals surface area contributed by atoms with Crippen molar-refractivity contribution in [2.45, 2.75) is 26.7 Å². The van der Waals surface area contributed by atoms with E-state index in [2.05, 4.69) is 32.0 Å². The number of hydrogen-bond donors (Lipinski definition) is 0. The van der Waals surface area contributed by atoms with E-state index in [4.69, 9.17) is 0 Å². The lowest BCUT2D eigenvalue weighted by Crippen LogP contribution is -2.16. The molecule has 16 heavy (non-hydrogen) atoms. The highest BCUT2D eigenvalue weighted by Gasteiger charge is 2.22. The van der Waals surface area contributed by atoms with Gasteiger partial charge in [-0.15, -0.1) is 0 Å². The van der Waals surface area contributed by atoms with E-state index in [1.165, 1.54) is 16.7 Å². The summed E-state index contributed by atoms with van der Waals surface area (Å²) in [4.78, 5) is 12.0. The molecule has 1 aromatic rings. The third-order valence-corrected chi connectivity index (χ3v) is 4.21. The van der Waals surface area contributed by atoms with E-state index >= 15 is 0 Å². The quantitative estimate of drug-likeness (QED) is 0.799. The number of rotatable bonds is 3. The molecule has 1 aliphatic heterocycles. The van der Waals surface area contributed by atoms with Crippen molar-refractivity contribution in [3.63, 3.8) is 0 Å². The molecule has 0 radical (unpaired) electrons. The lowest BCUT2D eigenvalue weighted by atomic mass is 9.96. The van der Waals surface area contributed by atoms with Gasteiger partial charge in [-0.25, -0.2) is 0 Å². The Kier molecular flexibility index (Phi) is 3.70. The molecule has 0 bridgehead atoms. The number of ketones is 1. The minimum Gasteiger partial charge on any atom is -0.299 e. The standard InChI is InChI=1S/C14H18OS/c1-10-5-11(2)7-12(6-10)8-14(15)13-3-4-16-9-13/h5-7,13H,3-4,8-9H2,1-2H3. The average Bonchev–Trinajstić information content (AvgIpc) is 2.68. The van der Waals surface area contributed by atoms with Crippen LogP contribution in [0.4, 0.5) is 0 Å². The Bertz CT molecular complexity index is 371. The van der Waals surface area contributed by atoms with Crippen molar-refractivity contribution >= 4 is 17.5 Å². The summed E-state index contributed by atoms with van der Waals surface area (Å²) in [5.74, 6) is 2.92. The summed E-state index contributed by atoms with van der Waals surface area (Å²) in [6.07, 6.45) is 1.70. The number of benzene rings is 1. The fourth-order valence-corrected chi connectivity index (χ4v) is 3.56. The Balaban J connectivity index is 2.05. The van der Waals surface area contributed by atoms with Gasteiger partial charge in [-0.05, 0) is 31.6 Å². The maximum atomic E-state index is 12.0. The fourth-order valence-electron chi connectivity index (χ4n) is 2.31. The minimum absolute atomic E-state index is 0.311. The normalized spacial score (nSPS) is 20.0. The average molecular weight is 234 g/mol. The third kappa shape index (κ3) is 2.88. The van der Waals surface area contributed by atoms with Gasteiger partial charge in [0.15, 0.2) is 0 Å². The SMILES string of the molecule is Cc1cc(C)cc(CC(=O)C2CCSC2)c1. The van der Waals surface area contributed by atoms with Crippen molar-refractivity contribution in [2.75, 3.05) is 11.5 Å². The third-order valence-electron chi connectivity index (χ3n) is 3.04. The van der Waals surface area contributed by atoms with Crippen LogP contribution in [-0.4, -0.2) is 17.3 Å². The van der Waals surface area contributed by atoms with Gasteiger partial charge in [-0.3, -0.25) is 4.79 Å². The van der Waals surface area contributed by atoms with Crippen LogP contribution in [0, 0.1) is 19.8 Å². The summed E-state index contributed by atoms with van der Waals surface area (Å²) in [5.41, 5.74) is 3.69. The highest BCUT2D eigenvalue weighted by molar-refractivity contribution is 7.99. The molecule has 0 N–H and O–H groups in total. The van der Waals surface area contributed by atoms with Crippen molar-refractivity contribution in [1.29, 1.82) is 0 Å². The van der Waals surface area contributed by atoms with Crippen molar-refractivity contribution in [2.24, 2.45) is 5.92 Å². The van der Waals surface area contributed by atoms with Crippen LogP contribution < -0.4 is 0 Å². The van der Waals surface area contributed by atoms with Crippen LogP contribution in [0.1, 0.15) is 23.1 Å². The van der Waals surface area contributed by atoms with Gasteiger partial charge in [0, 0.05) is 18.1 Å². The molecule has 1 heterocycles. The van der Waals surface area contributed by atoms with E-state index < -0.39 is 0 Å². The first-order valence-electron chi connectivity index (χ1n) is 5.83. The largest absolute Gasteiger partial charge is 0.299 e. The molecule has 1 aromatic carbocycles. The first kappa shape index (κ1) is 11.7. The lowest BCUT2D eigenvalue weighted by Gasteiger charge is -2.08. The maximum Gasteiger partial charge on any atom is 0.141 e. The monoisotopic (exact) mass is 234 g/mol. The van der Waals surface area contributed by atoms with Gasteiger partial charge in [0.1, 0.15) is 5.78 Å². The summed E-state index contributed by atoms with van der Waals surface area (Å²) in [7, 11) is 0. The first-order chi connectivity index (χ1) is 7.65. The summed E-state index contributed by atoms with van der Waals surface area (Å²) in [5, 5.41) is 0. The molecule has 0 amide bonds. The molecule has 1 saturated heterocycles. The molecule has 1 atom stereocenters. The Hall–Kier alpha value is -0.760. The van der Waals surface area contributed by atoms with E-state index in [0.29, 0.717) is 18.1 Å². The molecule has 1 nitrogen and oxygen atoms in total. The summed E-state index contributed by atoms with van der Waals surface area (Å²) < 4.78 is 0. The zero-order valence-electron chi connectivity index (χ0n) is 9.95. The first-order valence-corrected chi connectivity index (χ1v) is 6.98. The predicted octanol–water partition coefficient (Wildman–Crippen LogP) is 3.17. The summed E-state index contributed by atoms with van der Waals surface area (Å²) in [6.45, 7) is 4.18. The van der Waals surface area contributed by atoms with Gasteiger partial charge in [-0.1, -0.05) is 29.3 Å². The summed E-state index contributed by atoms with van der Waals surface area (Å²) >= 11 is 1.91. The molecule has 1 aliphatic rings. The topological polar surface area (TPSA) is 17.1 Å². The van der Waals surface area contributed by atoms with Crippen LogP contribution in [0.5, 0.6) is 0 Å². The van der Waals surface area contributed by atoms with Crippen molar-refractivity contribution < 1.29 is 4.79 Å².